The average Bonchev–Trinajstić information content (AvgIpc) is 2.63. The minimum absolute atomic E-state index is 0.274. The van der Waals surface area contributed by atoms with Gasteiger partial charge in [0, 0.05) is 0 Å². The van der Waals surface area contributed by atoms with Crippen molar-refractivity contribution in [2.45, 2.75) is 24.8 Å². The van der Waals surface area contributed by atoms with Gasteiger partial charge in [0.1, 0.15) is 11.8 Å². The van der Waals surface area contributed by atoms with E-state index >= 15 is 0 Å². The first-order valence-electron chi connectivity index (χ1n) is 8.41. The molecule has 1 amide bonds. The van der Waals surface area contributed by atoms with E-state index in [-0.39, 0.29) is 11.9 Å². The van der Waals surface area contributed by atoms with Gasteiger partial charge in [0.05, 0.1) is 7.11 Å². The molecule has 1 saturated heterocycles. The maximum absolute atomic E-state index is 12.0. The van der Waals surface area contributed by atoms with Gasteiger partial charge in [0.15, 0.2) is 0 Å². The van der Waals surface area contributed by atoms with E-state index in [1.54, 1.807) is 7.11 Å². The van der Waals surface area contributed by atoms with Gasteiger partial charge in [0.25, 0.3) is 0 Å². The Morgan fingerprint density at radius 3 is 2.25 bits per heavy atom. The molecule has 1 unspecified atom stereocenters. The fourth-order valence-corrected chi connectivity index (χ4v) is 3.56. The molecule has 2 aromatic carbocycles. The Morgan fingerprint density at radius 2 is 1.71 bits per heavy atom. The van der Waals surface area contributed by atoms with Gasteiger partial charge in [-0.2, -0.15) is 0 Å². The number of nitrogens with two attached hydrogens (primary N) is 1. The van der Waals surface area contributed by atoms with Crippen LogP contribution in [-0.4, -0.2) is 31.0 Å². The molecule has 1 aliphatic heterocycles. The molecule has 2 N–H and O–H groups in total. The highest BCUT2D eigenvalue weighted by molar-refractivity contribution is 5.81. The molecule has 0 aromatic heterocycles. The molecule has 24 heavy (non-hydrogen) atoms. The van der Waals surface area contributed by atoms with Crippen LogP contribution in [0.5, 0.6) is 5.75 Å². The predicted octanol–water partition coefficient (Wildman–Crippen LogP) is 3.10. The van der Waals surface area contributed by atoms with Crippen LogP contribution in [0.4, 0.5) is 0 Å². The van der Waals surface area contributed by atoms with Gasteiger partial charge in [-0.05, 0) is 55.1 Å². The first-order valence-corrected chi connectivity index (χ1v) is 8.41. The Balaban J connectivity index is 1.67. The summed E-state index contributed by atoms with van der Waals surface area (Å²) in [7, 11) is 1.68. The van der Waals surface area contributed by atoms with Crippen molar-refractivity contribution in [2.24, 2.45) is 5.73 Å². The summed E-state index contributed by atoms with van der Waals surface area (Å²) >= 11 is 0. The summed E-state index contributed by atoms with van der Waals surface area (Å²) in [5.41, 5.74) is 8.00. The Kier molecular flexibility index (Phi) is 5.16. The molecule has 0 spiro atoms. The van der Waals surface area contributed by atoms with Crippen LogP contribution in [0.25, 0.3) is 0 Å². The third-order valence-electron chi connectivity index (χ3n) is 4.87. The smallest absolute Gasteiger partial charge is 0.239 e. The van der Waals surface area contributed by atoms with Crippen molar-refractivity contribution in [3.63, 3.8) is 0 Å². The summed E-state index contributed by atoms with van der Waals surface area (Å²) in [6.07, 6.45) is 2.06. The van der Waals surface area contributed by atoms with Crippen molar-refractivity contribution in [2.75, 3.05) is 20.2 Å². The van der Waals surface area contributed by atoms with Gasteiger partial charge in [-0.3, -0.25) is 9.69 Å². The fourth-order valence-electron chi connectivity index (χ4n) is 3.56. The summed E-state index contributed by atoms with van der Waals surface area (Å²) in [5, 5.41) is 0. The Hall–Kier alpha value is -2.33. The van der Waals surface area contributed by atoms with Gasteiger partial charge in [-0.1, -0.05) is 42.5 Å². The molecule has 4 nitrogen and oxygen atoms in total. The van der Waals surface area contributed by atoms with Gasteiger partial charge in [0.2, 0.25) is 5.91 Å². The Labute approximate surface area is 143 Å². The van der Waals surface area contributed by atoms with E-state index in [1.807, 2.05) is 42.5 Å². The first kappa shape index (κ1) is 16.5. The average molecular weight is 324 g/mol. The first-order chi connectivity index (χ1) is 11.7. The predicted molar refractivity (Wildman–Crippen MR) is 94.9 cm³/mol. The molecular formula is C20H24N2O2. The lowest BCUT2D eigenvalue weighted by atomic mass is 9.88. The number of likely N-dealkylation sites (tertiary alicyclic amines) is 1. The molecule has 0 radical (unpaired) electrons. The number of methoxy groups -OCH3 is 1. The quantitative estimate of drug-likeness (QED) is 0.919. The molecule has 0 aliphatic carbocycles. The zero-order chi connectivity index (χ0) is 16.9. The fraction of sp³-hybridized carbons (Fsp3) is 0.350. The Bertz CT molecular complexity index is 662. The lowest BCUT2D eigenvalue weighted by Crippen LogP contribution is -2.42. The SMILES string of the molecule is COc1ccc(C2CCN(C(C(N)=O)c3ccccc3)CC2)cc1. The number of hydrogen-bond acceptors (Lipinski definition) is 3. The van der Waals surface area contributed by atoms with Crippen molar-refractivity contribution >= 4 is 5.91 Å². The van der Waals surface area contributed by atoms with Crippen LogP contribution in [0.15, 0.2) is 54.6 Å². The molecule has 0 bridgehead atoms. The van der Waals surface area contributed by atoms with Crippen LogP contribution in [0.3, 0.4) is 0 Å². The van der Waals surface area contributed by atoms with Crippen molar-refractivity contribution < 1.29 is 9.53 Å². The molecule has 0 saturated carbocycles. The summed E-state index contributed by atoms with van der Waals surface area (Å²) < 4.78 is 5.22. The maximum atomic E-state index is 12.0. The number of nitrogens with zero attached hydrogens (tertiary/aromatic N) is 1. The summed E-state index contributed by atoms with van der Waals surface area (Å²) in [5.74, 6) is 1.13. The summed E-state index contributed by atoms with van der Waals surface area (Å²) in [6.45, 7) is 1.75. The van der Waals surface area contributed by atoms with E-state index < -0.39 is 0 Å². The van der Waals surface area contributed by atoms with Crippen molar-refractivity contribution in [1.29, 1.82) is 0 Å². The number of carbonyl (C=O) groups is 1. The van der Waals surface area contributed by atoms with Crippen LogP contribution in [-0.2, 0) is 4.79 Å². The third-order valence-corrected chi connectivity index (χ3v) is 4.87. The second-order valence-electron chi connectivity index (χ2n) is 6.30. The van der Waals surface area contributed by atoms with Gasteiger partial charge < -0.3 is 10.5 Å². The van der Waals surface area contributed by atoms with E-state index in [4.69, 9.17) is 10.5 Å². The second kappa shape index (κ2) is 7.49. The van der Waals surface area contributed by atoms with Crippen LogP contribution >= 0.6 is 0 Å². The van der Waals surface area contributed by atoms with Crippen molar-refractivity contribution in [3.05, 3.63) is 65.7 Å². The molecule has 3 rings (SSSR count). The minimum atomic E-state index is -0.331. The molecule has 126 valence electrons. The highest BCUT2D eigenvalue weighted by Gasteiger charge is 2.30. The molecule has 2 aromatic rings. The number of piperidine rings is 1. The lowest BCUT2D eigenvalue weighted by molar-refractivity contribution is -0.124. The molecule has 1 fully saturated rings. The zero-order valence-corrected chi connectivity index (χ0v) is 14.0. The topological polar surface area (TPSA) is 55.6 Å². The zero-order valence-electron chi connectivity index (χ0n) is 14.0. The number of hydrogen-bond donors (Lipinski definition) is 1. The third kappa shape index (κ3) is 3.60. The van der Waals surface area contributed by atoms with E-state index in [0.29, 0.717) is 5.92 Å². The summed E-state index contributed by atoms with van der Waals surface area (Å²) in [4.78, 5) is 14.2. The Morgan fingerprint density at radius 1 is 1.08 bits per heavy atom. The normalized spacial score (nSPS) is 17.4. The number of rotatable bonds is 5. The summed E-state index contributed by atoms with van der Waals surface area (Å²) in [6, 6.07) is 17.8. The minimum Gasteiger partial charge on any atom is -0.497 e. The largest absolute Gasteiger partial charge is 0.497 e. The monoisotopic (exact) mass is 324 g/mol. The molecule has 1 atom stereocenters. The number of ether oxygens (including phenoxy) is 1. The van der Waals surface area contributed by atoms with Gasteiger partial charge >= 0.3 is 0 Å². The van der Waals surface area contributed by atoms with E-state index in [0.717, 1.165) is 37.2 Å². The van der Waals surface area contributed by atoms with Crippen LogP contribution in [0, 0.1) is 0 Å². The van der Waals surface area contributed by atoms with Crippen molar-refractivity contribution in [1.82, 2.24) is 4.90 Å². The van der Waals surface area contributed by atoms with Crippen LogP contribution in [0.1, 0.15) is 35.9 Å². The standard InChI is InChI=1S/C20H24N2O2/c1-24-18-9-7-15(8-10-18)16-11-13-22(14-12-16)19(20(21)23)17-5-3-2-4-6-17/h2-10,16,19H,11-14H2,1H3,(H2,21,23). The van der Waals surface area contributed by atoms with Gasteiger partial charge in [-0.25, -0.2) is 0 Å². The molecule has 1 heterocycles. The number of primary amides is 1. The number of carbonyl (C=O) groups excluding carboxylic acids is 1. The molecule has 4 heteroatoms. The van der Waals surface area contributed by atoms with Crippen LogP contribution < -0.4 is 10.5 Å². The van der Waals surface area contributed by atoms with E-state index in [9.17, 15) is 4.79 Å². The van der Waals surface area contributed by atoms with Gasteiger partial charge in [-0.15, -0.1) is 0 Å². The van der Waals surface area contributed by atoms with Crippen molar-refractivity contribution in [3.8, 4) is 5.75 Å². The molecule has 1 aliphatic rings. The van der Waals surface area contributed by atoms with E-state index in [2.05, 4.69) is 17.0 Å². The van der Waals surface area contributed by atoms with E-state index in [1.165, 1.54) is 5.56 Å². The highest BCUT2D eigenvalue weighted by atomic mass is 16.5. The number of amides is 1. The highest BCUT2D eigenvalue weighted by Crippen LogP contribution is 2.32. The number of benzene rings is 2. The maximum Gasteiger partial charge on any atom is 0.239 e. The van der Waals surface area contributed by atoms with Crippen LogP contribution in [0.2, 0.25) is 0 Å². The second-order valence-corrected chi connectivity index (χ2v) is 6.30. The molecular weight excluding hydrogens is 300 g/mol. The lowest BCUT2D eigenvalue weighted by Gasteiger charge is -2.36.